The molecule has 0 heterocycles. The number of para-hydroxylation sites is 1. The molecule has 0 aromatic heterocycles. The third-order valence-corrected chi connectivity index (χ3v) is 7.40. The van der Waals surface area contributed by atoms with E-state index in [2.05, 4.69) is 0 Å². The monoisotopic (exact) mass is 482 g/mol. The van der Waals surface area contributed by atoms with E-state index in [9.17, 15) is 10.5 Å². The molecule has 34 heavy (non-hydrogen) atoms. The van der Waals surface area contributed by atoms with Crippen LogP contribution < -0.4 is 4.74 Å². The molecular weight excluding hydrogens is 463 g/mol. The highest BCUT2D eigenvalue weighted by Gasteiger charge is 2.28. The van der Waals surface area contributed by atoms with Gasteiger partial charge in [-0.3, -0.25) is 0 Å². The lowest BCUT2D eigenvalue weighted by Crippen LogP contribution is -2.03. The highest BCUT2D eigenvalue weighted by atomic mass is 32.2. The molecule has 6 heteroatoms. The highest BCUT2D eigenvalue weighted by molar-refractivity contribution is 8.02. The van der Waals surface area contributed by atoms with Crippen LogP contribution in [0.4, 0.5) is 4.39 Å². The van der Waals surface area contributed by atoms with E-state index < -0.39 is 5.82 Å². The van der Waals surface area contributed by atoms with Crippen molar-refractivity contribution in [1.29, 1.82) is 10.5 Å². The SMILES string of the molecule is Cc1cccc(C)c1Oc1c(C#N)c(C#N)c(F)c(Sc2ccccc2)c1Sc1ccccc1. The van der Waals surface area contributed by atoms with E-state index in [0.29, 0.717) is 10.6 Å². The molecular formula is C28H19FN2OS2. The number of hydrogen-bond acceptors (Lipinski definition) is 5. The predicted octanol–water partition coefficient (Wildman–Crippen LogP) is 8.28. The maximum atomic E-state index is 15.8. The molecule has 0 N–H and O–H groups in total. The Bertz CT molecular complexity index is 1410. The van der Waals surface area contributed by atoms with Gasteiger partial charge in [-0.1, -0.05) is 78.1 Å². The van der Waals surface area contributed by atoms with Crippen molar-refractivity contribution in [3.8, 4) is 23.6 Å². The lowest BCUT2D eigenvalue weighted by Gasteiger charge is -2.20. The van der Waals surface area contributed by atoms with Crippen LogP contribution >= 0.6 is 23.5 Å². The van der Waals surface area contributed by atoms with E-state index in [1.54, 1.807) is 0 Å². The molecule has 0 unspecified atom stereocenters. The van der Waals surface area contributed by atoms with Gasteiger partial charge in [-0.15, -0.1) is 0 Å². The lowest BCUT2D eigenvalue weighted by atomic mass is 10.1. The normalized spacial score (nSPS) is 10.4. The molecule has 0 saturated heterocycles. The van der Waals surface area contributed by atoms with Gasteiger partial charge in [-0.25, -0.2) is 4.39 Å². The first-order chi connectivity index (χ1) is 16.5. The largest absolute Gasteiger partial charge is 0.454 e. The van der Waals surface area contributed by atoms with Crippen LogP contribution in [0.3, 0.4) is 0 Å². The van der Waals surface area contributed by atoms with Gasteiger partial charge in [0.05, 0.1) is 9.79 Å². The Morgan fingerprint density at radius 3 is 1.65 bits per heavy atom. The van der Waals surface area contributed by atoms with E-state index in [4.69, 9.17) is 4.74 Å². The second-order valence-electron chi connectivity index (χ2n) is 7.43. The van der Waals surface area contributed by atoms with Crippen LogP contribution in [0.2, 0.25) is 0 Å². The molecule has 4 rings (SSSR count). The molecule has 4 aromatic carbocycles. The maximum Gasteiger partial charge on any atom is 0.161 e. The average Bonchev–Trinajstić information content (AvgIpc) is 2.85. The quantitative estimate of drug-likeness (QED) is 0.277. The first-order valence-electron chi connectivity index (χ1n) is 10.4. The van der Waals surface area contributed by atoms with Crippen LogP contribution in [0.5, 0.6) is 11.5 Å². The summed E-state index contributed by atoms with van der Waals surface area (Å²) >= 11 is 2.51. The maximum absolute atomic E-state index is 15.8. The summed E-state index contributed by atoms with van der Waals surface area (Å²) < 4.78 is 22.2. The van der Waals surface area contributed by atoms with Crippen LogP contribution in [0.1, 0.15) is 22.3 Å². The van der Waals surface area contributed by atoms with Gasteiger partial charge >= 0.3 is 0 Å². The molecule has 0 bridgehead atoms. The molecule has 0 amide bonds. The van der Waals surface area contributed by atoms with Crippen molar-refractivity contribution in [2.45, 2.75) is 33.4 Å². The van der Waals surface area contributed by atoms with Crippen molar-refractivity contribution < 1.29 is 9.13 Å². The smallest absolute Gasteiger partial charge is 0.161 e. The van der Waals surface area contributed by atoms with Crippen LogP contribution in [0.25, 0.3) is 0 Å². The van der Waals surface area contributed by atoms with Gasteiger partial charge in [-0.2, -0.15) is 10.5 Å². The first kappa shape index (κ1) is 23.4. The van der Waals surface area contributed by atoms with Crippen LogP contribution in [-0.2, 0) is 0 Å². The fourth-order valence-electron chi connectivity index (χ4n) is 3.42. The number of rotatable bonds is 6. The van der Waals surface area contributed by atoms with Gasteiger partial charge in [0.15, 0.2) is 11.6 Å². The minimum Gasteiger partial charge on any atom is -0.454 e. The van der Waals surface area contributed by atoms with Crippen LogP contribution in [-0.4, -0.2) is 0 Å². The van der Waals surface area contributed by atoms with E-state index in [-0.39, 0.29) is 21.8 Å². The van der Waals surface area contributed by atoms with Crippen molar-refractivity contribution >= 4 is 23.5 Å². The summed E-state index contributed by atoms with van der Waals surface area (Å²) in [4.78, 5) is 2.37. The van der Waals surface area contributed by atoms with Crippen molar-refractivity contribution in [1.82, 2.24) is 0 Å². The predicted molar refractivity (Wildman–Crippen MR) is 133 cm³/mol. The highest BCUT2D eigenvalue weighted by Crippen LogP contribution is 2.50. The van der Waals surface area contributed by atoms with Gasteiger partial charge in [0.2, 0.25) is 0 Å². The summed E-state index contributed by atoms with van der Waals surface area (Å²) in [6, 6.07) is 28.5. The second-order valence-corrected chi connectivity index (χ2v) is 9.60. The summed E-state index contributed by atoms with van der Waals surface area (Å²) in [5.41, 5.74) is 1.32. The third-order valence-electron chi connectivity index (χ3n) is 5.07. The third kappa shape index (κ3) is 4.79. The van der Waals surface area contributed by atoms with Gasteiger partial charge in [-0.05, 0) is 49.2 Å². The fraction of sp³-hybridized carbons (Fsp3) is 0.0714. The van der Waals surface area contributed by atoms with Crippen molar-refractivity contribution in [2.24, 2.45) is 0 Å². The number of benzene rings is 4. The molecule has 0 fully saturated rings. The van der Waals surface area contributed by atoms with Crippen LogP contribution in [0, 0.1) is 42.3 Å². The van der Waals surface area contributed by atoms with Crippen LogP contribution in [0.15, 0.2) is 98.4 Å². The molecule has 0 aliphatic carbocycles. The Kier molecular flexibility index (Phi) is 7.23. The van der Waals surface area contributed by atoms with E-state index in [1.165, 1.54) is 23.5 Å². The van der Waals surface area contributed by atoms with E-state index in [1.807, 2.05) is 105 Å². The molecule has 0 radical (unpaired) electrons. The Morgan fingerprint density at radius 1 is 0.647 bits per heavy atom. The van der Waals surface area contributed by atoms with Gasteiger partial charge in [0.25, 0.3) is 0 Å². The van der Waals surface area contributed by atoms with Gasteiger partial charge in [0.1, 0.15) is 29.0 Å². The average molecular weight is 483 g/mol. The number of nitriles is 2. The minimum atomic E-state index is -0.722. The van der Waals surface area contributed by atoms with Gasteiger partial charge < -0.3 is 4.74 Å². The Labute approximate surface area is 206 Å². The standard InChI is InChI=1S/C28H19FN2OS2/c1-18-10-9-11-19(2)25(18)32-26-23(17-31)22(16-30)24(29)27(33-20-12-5-3-6-13-20)28(26)34-21-14-7-4-8-15-21/h3-15H,1-2H3. The number of ether oxygens (including phenoxy) is 1. The molecule has 0 aliphatic heterocycles. The zero-order chi connectivity index (χ0) is 24.1. The summed E-state index contributed by atoms with van der Waals surface area (Å²) in [5, 5.41) is 19.8. The molecule has 0 atom stereocenters. The number of nitrogens with zero attached hydrogens (tertiary/aromatic N) is 2. The summed E-state index contributed by atoms with van der Waals surface area (Å²) in [5.74, 6) is 0.0467. The zero-order valence-electron chi connectivity index (χ0n) is 18.5. The Hall–Kier alpha value is -3.71. The molecule has 4 aromatic rings. The van der Waals surface area contributed by atoms with Crippen molar-refractivity contribution in [2.75, 3.05) is 0 Å². The topological polar surface area (TPSA) is 56.8 Å². The Morgan fingerprint density at radius 2 is 1.15 bits per heavy atom. The minimum absolute atomic E-state index is 0.113. The first-order valence-corrected chi connectivity index (χ1v) is 12.1. The number of hydrogen-bond donors (Lipinski definition) is 0. The molecule has 0 spiro atoms. The molecule has 0 aliphatic rings. The van der Waals surface area contributed by atoms with E-state index >= 15 is 4.39 Å². The summed E-state index contributed by atoms with van der Waals surface area (Å²) in [6.07, 6.45) is 0. The second kappa shape index (κ2) is 10.5. The zero-order valence-corrected chi connectivity index (χ0v) is 20.1. The van der Waals surface area contributed by atoms with E-state index in [0.717, 1.165) is 20.9 Å². The lowest BCUT2D eigenvalue weighted by molar-refractivity contribution is 0.453. The summed E-state index contributed by atoms with van der Waals surface area (Å²) in [7, 11) is 0. The molecule has 3 nitrogen and oxygen atoms in total. The summed E-state index contributed by atoms with van der Waals surface area (Å²) in [6.45, 7) is 3.82. The number of aryl methyl sites for hydroxylation is 2. The molecule has 0 saturated carbocycles. The van der Waals surface area contributed by atoms with Gasteiger partial charge in [0, 0.05) is 9.79 Å². The number of halogens is 1. The molecule has 166 valence electrons. The van der Waals surface area contributed by atoms with Crippen molar-refractivity contribution in [3.05, 3.63) is 107 Å². The van der Waals surface area contributed by atoms with Crippen molar-refractivity contribution in [3.63, 3.8) is 0 Å². The Balaban J connectivity index is 2.01. The fourth-order valence-corrected chi connectivity index (χ4v) is 5.52.